The molecule has 5 rings (SSSR count). The lowest BCUT2D eigenvalue weighted by Gasteiger charge is -2.51. The van der Waals surface area contributed by atoms with Crippen molar-refractivity contribution in [2.45, 2.75) is 160 Å². The molecule has 68 heavy (non-hydrogen) atoms. The fourth-order valence-electron chi connectivity index (χ4n) is 11.0. The summed E-state index contributed by atoms with van der Waals surface area (Å²) in [6.45, 7) is 10.1. The first-order chi connectivity index (χ1) is 32.5. The second-order valence-corrected chi connectivity index (χ2v) is 20.2. The second-order valence-electron chi connectivity index (χ2n) is 19.3. The number of benzene rings is 1. The number of nitrogens with zero attached hydrogens (tertiary/aromatic N) is 4. The topological polar surface area (TPSA) is 211 Å². The molecule has 8 atom stereocenters. The van der Waals surface area contributed by atoms with Crippen LogP contribution in [0, 0.1) is 17.8 Å². The number of carbonyl (C=O) groups is 7. The van der Waals surface area contributed by atoms with Gasteiger partial charge in [-0.1, -0.05) is 90.6 Å². The Kier molecular flexibility index (Phi) is 19.6. The van der Waals surface area contributed by atoms with Crippen LogP contribution in [0.4, 0.5) is 0 Å². The number of ether oxygens (including phenoxy) is 2. The summed E-state index contributed by atoms with van der Waals surface area (Å²) in [7, 11) is 4.81. The molecular formula is C51H75N7O9S. The van der Waals surface area contributed by atoms with Crippen LogP contribution < -0.4 is 16.4 Å². The number of imide groups is 1. The number of aromatic nitrogens is 1. The second kappa shape index (κ2) is 24.6. The number of likely N-dealkylation sites (N-methyl/N-ethyl adjacent to an activating group) is 1. The van der Waals surface area contributed by atoms with Gasteiger partial charge in [0.15, 0.2) is 11.3 Å². The van der Waals surface area contributed by atoms with Gasteiger partial charge in [0.05, 0.1) is 36.6 Å². The zero-order valence-electron chi connectivity index (χ0n) is 41.4. The highest BCUT2D eigenvalue weighted by atomic mass is 32.1. The molecule has 1 aromatic carbocycles. The highest BCUT2D eigenvalue weighted by molar-refractivity contribution is 7.09. The molecule has 3 heterocycles. The van der Waals surface area contributed by atoms with Crippen LogP contribution in [-0.2, 0) is 49.5 Å². The van der Waals surface area contributed by atoms with E-state index in [1.165, 1.54) is 35.5 Å². The van der Waals surface area contributed by atoms with E-state index in [0.29, 0.717) is 77.2 Å². The number of methoxy groups -OCH3 is 2. The van der Waals surface area contributed by atoms with Crippen molar-refractivity contribution < 1.29 is 43.0 Å². The summed E-state index contributed by atoms with van der Waals surface area (Å²) in [6.07, 6.45) is 8.98. The average Bonchev–Trinajstić information content (AvgIpc) is 4.17. The van der Waals surface area contributed by atoms with E-state index in [1.54, 1.807) is 44.0 Å². The third-order valence-electron chi connectivity index (χ3n) is 14.8. The SMILES string of the molecule is CC[C@H](C)[C@@H]([C@@H](CC(=O)N1CCC[C@H]1[C@H](OC)[C@@H](C)C(=O)N[C@@H](Cc1ccccc1)c1nccs1)OC)N(C)[C@@](C(N)=O)(C(=O)C1(NC(=O)CCCCCN2C(=O)C=CC2=O)CCCC1)C(C)C. The molecule has 1 saturated heterocycles. The average molecular weight is 962 g/mol. The molecule has 16 nitrogen and oxygen atoms in total. The van der Waals surface area contributed by atoms with Gasteiger partial charge in [-0.25, -0.2) is 4.98 Å². The Morgan fingerprint density at radius 3 is 2.22 bits per heavy atom. The number of nitrogens with two attached hydrogens (primary N) is 1. The summed E-state index contributed by atoms with van der Waals surface area (Å²) < 4.78 is 12.3. The van der Waals surface area contributed by atoms with Crippen LogP contribution in [0.5, 0.6) is 0 Å². The summed E-state index contributed by atoms with van der Waals surface area (Å²) in [5, 5.41) is 8.99. The maximum Gasteiger partial charge on any atom is 0.253 e. The van der Waals surface area contributed by atoms with E-state index < -0.39 is 58.9 Å². The van der Waals surface area contributed by atoms with E-state index in [2.05, 4.69) is 15.6 Å². The van der Waals surface area contributed by atoms with Crippen LogP contribution in [0.25, 0.3) is 0 Å². The number of hydrogen-bond acceptors (Lipinski definition) is 12. The first kappa shape index (κ1) is 54.1. The summed E-state index contributed by atoms with van der Waals surface area (Å²) >= 11 is 1.48. The number of nitrogens with one attached hydrogen (secondary N) is 2. The van der Waals surface area contributed by atoms with Crippen LogP contribution in [0.1, 0.15) is 128 Å². The van der Waals surface area contributed by atoms with Crippen LogP contribution in [0.3, 0.4) is 0 Å². The number of likely N-dealkylation sites (tertiary alicyclic amines) is 1. The fourth-order valence-corrected chi connectivity index (χ4v) is 11.7. The van der Waals surface area contributed by atoms with Gasteiger partial charge < -0.3 is 30.7 Å². The zero-order chi connectivity index (χ0) is 49.8. The first-order valence-corrected chi connectivity index (χ1v) is 25.4. The third kappa shape index (κ3) is 12.1. The molecule has 1 saturated carbocycles. The van der Waals surface area contributed by atoms with Gasteiger partial charge in [-0.2, -0.15) is 0 Å². The predicted octanol–water partition coefficient (Wildman–Crippen LogP) is 5.30. The number of rotatable bonds is 27. The summed E-state index contributed by atoms with van der Waals surface area (Å²) in [6, 6.07) is 8.52. The van der Waals surface area contributed by atoms with E-state index >= 15 is 4.79 Å². The van der Waals surface area contributed by atoms with Gasteiger partial charge in [-0.05, 0) is 69.4 Å². The zero-order valence-corrected chi connectivity index (χ0v) is 42.2. The molecule has 6 amide bonds. The van der Waals surface area contributed by atoms with Crippen molar-refractivity contribution in [2.75, 3.05) is 34.4 Å². The highest BCUT2D eigenvalue weighted by Crippen LogP contribution is 2.41. The molecule has 0 spiro atoms. The Morgan fingerprint density at radius 2 is 1.65 bits per heavy atom. The molecule has 1 aliphatic carbocycles. The Bertz CT molecular complexity index is 2060. The van der Waals surface area contributed by atoms with Gasteiger partial charge in [-0.15, -0.1) is 11.3 Å². The van der Waals surface area contributed by atoms with E-state index in [9.17, 15) is 28.8 Å². The highest BCUT2D eigenvalue weighted by Gasteiger charge is 2.61. The molecule has 2 aliphatic heterocycles. The molecular weight excluding hydrogens is 887 g/mol. The number of primary amides is 1. The standard InChI is InChI=1S/C51H75N7O9S/c1-9-34(4)44(56(6)51(33(2)3,49(52)65)48(64)50(25-15-16-26-50)55-40(59)22-14-11-17-28-58-41(60)23-24-42(58)61)39(66-7)32-43(62)57-29-18-21-38(57)45(67-8)35(5)46(63)54-37(47-53-27-30-68-47)31-36-19-12-10-13-20-36/h10,12-13,19-20,23-24,27,30,33-35,37-39,44-45H,9,11,14-18,21-22,25-26,28-29,31-32H2,1-8H3,(H2,52,65)(H,54,63)(H,55,59)/t34-,35+,37-,38-,39+,44-,45+,51+/m0/s1. The van der Waals surface area contributed by atoms with Crippen LogP contribution in [0.15, 0.2) is 54.1 Å². The van der Waals surface area contributed by atoms with Crippen LogP contribution in [0.2, 0.25) is 0 Å². The Morgan fingerprint density at radius 1 is 0.971 bits per heavy atom. The molecule has 0 bridgehead atoms. The maximum atomic E-state index is 15.5. The van der Waals surface area contributed by atoms with Crippen molar-refractivity contribution in [1.82, 2.24) is 30.3 Å². The number of Topliss-reactive ketones (excluding diaryl/α,β-unsaturated/α-hetero) is 1. The molecule has 374 valence electrons. The van der Waals surface area contributed by atoms with Gasteiger partial charge >= 0.3 is 0 Å². The third-order valence-corrected chi connectivity index (χ3v) is 15.7. The lowest BCUT2D eigenvalue weighted by molar-refractivity contribution is -0.159. The number of ketones is 1. The van der Waals surface area contributed by atoms with E-state index in [-0.39, 0.29) is 60.9 Å². The van der Waals surface area contributed by atoms with E-state index in [0.717, 1.165) is 10.6 Å². The molecule has 1 aromatic heterocycles. The number of amides is 6. The van der Waals surface area contributed by atoms with Crippen LogP contribution >= 0.6 is 11.3 Å². The normalized spacial score (nSPS) is 20.5. The van der Waals surface area contributed by atoms with Crippen molar-refractivity contribution in [3.63, 3.8) is 0 Å². The minimum atomic E-state index is -1.90. The van der Waals surface area contributed by atoms with Crippen LogP contribution in [-0.4, -0.2) is 131 Å². The van der Waals surface area contributed by atoms with Crippen molar-refractivity contribution in [1.29, 1.82) is 0 Å². The summed E-state index contributed by atoms with van der Waals surface area (Å²) in [5.74, 6) is -4.19. The summed E-state index contributed by atoms with van der Waals surface area (Å²) in [4.78, 5) is 105. The fraction of sp³-hybridized carbons (Fsp3) is 0.647. The minimum Gasteiger partial charge on any atom is -0.379 e. The van der Waals surface area contributed by atoms with Gasteiger partial charge in [0.1, 0.15) is 10.5 Å². The van der Waals surface area contributed by atoms with Crippen molar-refractivity contribution in [3.8, 4) is 0 Å². The molecule has 3 aliphatic rings. The molecule has 0 radical (unpaired) electrons. The molecule has 2 fully saturated rings. The van der Waals surface area contributed by atoms with E-state index in [1.807, 2.05) is 56.5 Å². The minimum absolute atomic E-state index is 0.0772. The smallest absolute Gasteiger partial charge is 0.253 e. The lowest BCUT2D eigenvalue weighted by atomic mass is 9.70. The Labute approximate surface area is 406 Å². The van der Waals surface area contributed by atoms with Crippen molar-refractivity contribution in [2.24, 2.45) is 23.5 Å². The van der Waals surface area contributed by atoms with Gasteiger partial charge in [0, 0.05) is 63.5 Å². The quantitative estimate of drug-likeness (QED) is 0.0595. The predicted molar refractivity (Wildman–Crippen MR) is 260 cm³/mol. The maximum absolute atomic E-state index is 15.5. The Hall–Kier alpha value is -4.84. The number of hydrogen-bond donors (Lipinski definition) is 3. The van der Waals surface area contributed by atoms with E-state index in [4.69, 9.17) is 15.2 Å². The number of thiazole rings is 1. The molecule has 2 aromatic rings. The number of carbonyl (C=O) groups excluding carboxylic acids is 7. The van der Waals surface area contributed by atoms with Crippen molar-refractivity contribution in [3.05, 3.63) is 64.6 Å². The monoisotopic (exact) mass is 962 g/mol. The largest absolute Gasteiger partial charge is 0.379 e. The molecule has 4 N–H and O–H groups in total. The number of unbranched alkanes of at least 4 members (excludes halogenated alkanes) is 2. The van der Waals surface area contributed by atoms with Gasteiger partial charge in [0.2, 0.25) is 23.6 Å². The summed E-state index contributed by atoms with van der Waals surface area (Å²) in [5.41, 5.74) is 4.23. The first-order valence-electron chi connectivity index (χ1n) is 24.5. The lowest BCUT2D eigenvalue weighted by Crippen LogP contribution is -2.75. The Balaban J connectivity index is 1.32. The van der Waals surface area contributed by atoms with Crippen molar-refractivity contribution >= 4 is 52.6 Å². The molecule has 0 unspecified atom stereocenters. The van der Waals surface area contributed by atoms with Gasteiger partial charge in [0.25, 0.3) is 11.8 Å². The molecule has 17 heteroatoms. The van der Waals surface area contributed by atoms with Gasteiger partial charge in [-0.3, -0.25) is 43.4 Å².